The fraction of sp³-hybridized carbons (Fsp3) is 0.300. The van der Waals surface area contributed by atoms with Gasteiger partial charge in [-0.3, -0.25) is 19.3 Å². The molecular weight excluding hydrogens is 543 g/mol. The van der Waals surface area contributed by atoms with E-state index in [0.29, 0.717) is 16.3 Å². The molecule has 7 rings (SSSR count). The molecule has 0 saturated carbocycles. The molecule has 0 spiro atoms. The Hall–Kier alpha value is -2.86. The second kappa shape index (κ2) is 8.57. The average Bonchev–Trinajstić information content (AvgIpc) is 3.16. The van der Waals surface area contributed by atoms with Gasteiger partial charge in [0.05, 0.1) is 11.8 Å². The normalized spacial score (nSPS) is 27.7. The second-order valence-corrected chi connectivity index (χ2v) is 12.2. The van der Waals surface area contributed by atoms with E-state index in [0.717, 1.165) is 27.2 Å². The Kier molecular flexibility index (Phi) is 5.73. The number of hydrogen-bond donors (Lipinski definition) is 1. The first-order valence-corrected chi connectivity index (χ1v) is 13.7. The molecule has 0 radical (unpaired) electrons. The van der Waals surface area contributed by atoms with Gasteiger partial charge in [-0.25, -0.2) is 0 Å². The lowest BCUT2D eigenvalue weighted by molar-refractivity contribution is -0.148. The van der Waals surface area contributed by atoms with Crippen LogP contribution < -0.4 is 5.32 Å². The highest BCUT2D eigenvalue weighted by Gasteiger charge is 2.73. The van der Waals surface area contributed by atoms with E-state index >= 15 is 0 Å². The molecule has 2 bridgehead atoms. The number of carbonyl (C=O) groups excluding carboxylic acids is 3. The zero-order valence-electron chi connectivity index (χ0n) is 21.0. The number of halogens is 3. The van der Waals surface area contributed by atoms with Gasteiger partial charge in [0.1, 0.15) is 15.8 Å². The summed E-state index contributed by atoms with van der Waals surface area (Å²) in [7, 11) is 0. The summed E-state index contributed by atoms with van der Waals surface area (Å²) in [5.74, 6) is -3.73. The van der Waals surface area contributed by atoms with Gasteiger partial charge in [0.2, 0.25) is 17.7 Å². The summed E-state index contributed by atoms with van der Waals surface area (Å²) in [6.45, 7) is 5.41. The van der Waals surface area contributed by atoms with Gasteiger partial charge in [-0.1, -0.05) is 80.0 Å². The van der Waals surface area contributed by atoms with Crippen LogP contribution in [0.15, 0.2) is 66.7 Å². The van der Waals surface area contributed by atoms with Gasteiger partial charge in [-0.15, -0.1) is 23.2 Å². The number of likely N-dealkylation sites (tertiary alicyclic amines) is 1. The number of benzene rings is 3. The second-order valence-electron chi connectivity index (χ2n) is 10.6. The number of nitrogens with zero attached hydrogens (tertiary/aromatic N) is 1. The van der Waals surface area contributed by atoms with Crippen molar-refractivity contribution in [2.24, 2.45) is 17.8 Å². The molecule has 38 heavy (non-hydrogen) atoms. The van der Waals surface area contributed by atoms with Gasteiger partial charge in [0.15, 0.2) is 0 Å². The van der Waals surface area contributed by atoms with Crippen molar-refractivity contribution in [1.82, 2.24) is 4.90 Å². The molecule has 8 heteroatoms. The Balaban J connectivity index is 1.49. The smallest absolute Gasteiger partial charge is 0.247 e. The number of hydrogen-bond acceptors (Lipinski definition) is 3. The van der Waals surface area contributed by atoms with Crippen LogP contribution in [-0.2, 0) is 24.1 Å². The molecule has 3 aromatic rings. The number of rotatable bonds is 4. The minimum atomic E-state index is -1.29. The van der Waals surface area contributed by atoms with Gasteiger partial charge in [-0.05, 0) is 52.8 Å². The summed E-state index contributed by atoms with van der Waals surface area (Å²) < 4.78 is 0. The molecule has 194 valence electrons. The fourth-order valence-corrected chi connectivity index (χ4v) is 7.90. The third-order valence-corrected chi connectivity index (χ3v) is 10.0. The molecule has 1 heterocycles. The first-order valence-electron chi connectivity index (χ1n) is 12.5. The van der Waals surface area contributed by atoms with Crippen molar-refractivity contribution in [2.75, 3.05) is 5.32 Å². The first kappa shape index (κ1) is 25.4. The van der Waals surface area contributed by atoms with Crippen molar-refractivity contribution < 1.29 is 14.4 Å². The average molecular weight is 568 g/mol. The topological polar surface area (TPSA) is 66.5 Å². The third-order valence-electron chi connectivity index (χ3n) is 8.32. The van der Waals surface area contributed by atoms with Crippen molar-refractivity contribution in [2.45, 2.75) is 36.6 Å². The van der Waals surface area contributed by atoms with Gasteiger partial charge in [0.25, 0.3) is 0 Å². The highest BCUT2D eigenvalue weighted by molar-refractivity contribution is 6.36. The van der Waals surface area contributed by atoms with E-state index in [1.54, 1.807) is 25.1 Å². The molecular formula is C30H25Cl3N2O3. The largest absolute Gasteiger partial charge is 0.324 e. The van der Waals surface area contributed by atoms with E-state index in [1.165, 1.54) is 0 Å². The van der Waals surface area contributed by atoms with E-state index in [2.05, 4.69) is 5.32 Å². The van der Waals surface area contributed by atoms with Gasteiger partial charge in [-0.2, -0.15) is 0 Å². The van der Waals surface area contributed by atoms with Gasteiger partial charge < -0.3 is 5.32 Å². The molecule has 3 atom stereocenters. The van der Waals surface area contributed by atoms with Crippen LogP contribution in [0, 0.1) is 24.7 Å². The van der Waals surface area contributed by atoms with Crippen LogP contribution in [0.4, 0.5) is 5.69 Å². The maximum absolute atomic E-state index is 14.3. The molecule has 1 aliphatic heterocycles. The van der Waals surface area contributed by atoms with E-state index in [-0.39, 0.29) is 5.92 Å². The summed E-state index contributed by atoms with van der Waals surface area (Å²) in [5, 5.41) is 3.39. The van der Waals surface area contributed by atoms with Crippen LogP contribution in [0.3, 0.4) is 0 Å². The summed E-state index contributed by atoms with van der Waals surface area (Å²) >= 11 is 21.3. The first-order chi connectivity index (χ1) is 18.0. The zero-order valence-corrected chi connectivity index (χ0v) is 23.2. The standard InChI is InChI=1S/C30H25Cl3N2O3/c1-15(2)25(26(36)34-22-14-8-13-21(31)16(22)3)35-27(37)23-24(28(35)38)30(33)18-10-5-4-9-17(18)29(23,32)19-11-6-7-12-20(19)30/h4-15,23-25H,1-3H3,(H,34,36)/t23-,24-,25-,29?,30?/m0/s1. The Bertz CT molecular complexity index is 1410. The molecule has 0 unspecified atom stereocenters. The van der Waals surface area contributed by atoms with Crippen molar-refractivity contribution in [1.29, 1.82) is 0 Å². The van der Waals surface area contributed by atoms with Crippen LogP contribution in [0.5, 0.6) is 0 Å². The van der Waals surface area contributed by atoms with Crippen molar-refractivity contribution in [3.8, 4) is 0 Å². The lowest BCUT2D eigenvalue weighted by atomic mass is 9.54. The lowest BCUT2D eigenvalue weighted by Crippen LogP contribution is -2.57. The van der Waals surface area contributed by atoms with Crippen LogP contribution in [0.1, 0.15) is 41.7 Å². The summed E-state index contributed by atoms with van der Waals surface area (Å²) in [5.41, 5.74) is 4.10. The Morgan fingerprint density at radius 2 is 1.26 bits per heavy atom. The predicted molar refractivity (Wildman–Crippen MR) is 148 cm³/mol. The Labute approximate surface area is 236 Å². The molecule has 3 aromatic carbocycles. The van der Waals surface area contributed by atoms with Crippen molar-refractivity contribution in [3.05, 3.63) is 99.6 Å². The number of nitrogens with one attached hydrogen (secondary N) is 1. The molecule has 1 fully saturated rings. The predicted octanol–water partition coefficient (Wildman–Crippen LogP) is 6.20. The quantitative estimate of drug-likeness (QED) is 0.301. The Morgan fingerprint density at radius 1 is 0.816 bits per heavy atom. The monoisotopic (exact) mass is 566 g/mol. The highest BCUT2D eigenvalue weighted by atomic mass is 35.5. The van der Waals surface area contributed by atoms with Crippen molar-refractivity contribution in [3.63, 3.8) is 0 Å². The molecule has 3 amide bonds. The summed E-state index contributed by atoms with van der Waals surface area (Å²) in [6, 6.07) is 19.1. The Morgan fingerprint density at radius 3 is 1.68 bits per heavy atom. The minimum Gasteiger partial charge on any atom is -0.324 e. The molecule has 1 N–H and O–H groups in total. The summed E-state index contributed by atoms with van der Waals surface area (Å²) in [4.78, 5) is 40.8. The van der Waals surface area contributed by atoms with Crippen LogP contribution in [0.25, 0.3) is 0 Å². The van der Waals surface area contributed by atoms with Gasteiger partial charge in [0, 0.05) is 10.7 Å². The van der Waals surface area contributed by atoms with Crippen LogP contribution in [0.2, 0.25) is 5.02 Å². The number of amides is 3. The van der Waals surface area contributed by atoms with E-state index in [1.807, 2.05) is 62.4 Å². The van der Waals surface area contributed by atoms with Crippen molar-refractivity contribution >= 4 is 58.2 Å². The zero-order chi connectivity index (χ0) is 27.1. The maximum atomic E-state index is 14.3. The van der Waals surface area contributed by atoms with Crippen LogP contribution >= 0.6 is 34.8 Å². The fourth-order valence-electron chi connectivity index (χ4n) is 6.63. The summed E-state index contributed by atoms with van der Waals surface area (Å²) in [6.07, 6.45) is 0. The van der Waals surface area contributed by atoms with Gasteiger partial charge >= 0.3 is 0 Å². The van der Waals surface area contributed by atoms with Crippen LogP contribution in [-0.4, -0.2) is 28.7 Å². The van der Waals surface area contributed by atoms with E-state index in [9.17, 15) is 14.4 Å². The number of alkyl halides is 2. The van der Waals surface area contributed by atoms with E-state index < -0.39 is 45.3 Å². The molecule has 3 aliphatic carbocycles. The SMILES string of the molecule is Cc1c(Cl)cccc1NC(=O)[C@H](C(C)C)N1C(=O)[C@@H]2[C@@H](C1=O)C1(Cl)c3ccccc3C2(Cl)c2ccccc21. The highest BCUT2D eigenvalue weighted by Crippen LogP contribution is 2.69. The number of imide groups is 1. The minimum absolute atomic E-state index is 0.373. The maximum Gasteiger partial charge on any atom is 0.247 e. The molecule has 0 aromatic heterocycles. The number of carbonyl (C=O) groups is 3. The third kappa shape index (κ3) is 3.10. The molecule has 1 saturated heterocycles. The molecule has 5 nitrogen and oxygen atoms in total. The number of anilines is 1. The van der Waals surface area contributed by atoms with E-state index in [4.69, 9.17) is 34.8 Å². The molecule has 4 aliphatic rings. The lowest BCUT2D eigenvalue weighted by Gasteiger charge is -2.54.